The number of nitrogens with one attached hydrogen (secondary N) is 2. The van der Waals surface area contributed by atoms with Crippen molar-refractivity contribution in [3.63, 3.8) is 0 Å². The van der Waals surface area contributed by atoms with Gasteiger partial charge in [0.25, 0.3) is 11.8 Å². The standard InChI is InChI=1S/C30H32FN3O3/c1-30(2,3)23-9-5-20(6-10-23)19-34-26-14-13-25(33-28(35)21-7-11-24(31)12-8-21)17-22(26)18-27(34)29(36)32-15-16-37-4/h5-14,17-18H,15-16,19H2,1-4H3,(H,32,36)(H,33,35). The van der Waals surface area contributed by atoms with Crippen molar-refractivity contribution in [3.05, 3.63) is 101 Å². The molecule has 0 aliphatic carbocycles. The Morgan fingerprint density at radius 2 is 1.62 bits per heavy atom. The van der Waals surface area contributed by atoms with Gasteiger partial charge in [0.05, 0.1) is 6.61 Å². The smallest absolute Gasteiger partial charge is 0.268 e. The van der Waals surface area contributed by atoms with E-state index in [2.05, 4.69) is 55.7 Å². The van der Waals surface area contributed by atoms with Gasteiger partial charge in [0.1, 0.15) is 11.5 Å². The highest BCUT2D eigenvalue weighted by Crippen LogP contribution is 2.27. The van der Waals surface area contributed by atoms with Gasteiger partial charge >= 0.3 is 0 Å². The number of hydrogen-bond acceptors (Lipinski definition) is 3. The van der Waals surface area contributed by atoms with Crippen molar-refractivity contribution < 1.29 is 18.7 Å². The van der Waals surface area contributed by atoms with Crippen LogP contribution in [0.25, 0.3) is 10.9 Å². The molecule has 2 N–H and O–H groups in total. The zero-order valence-corrected chi connectivity index (χ0v) is 21.6. The zero-order valence-electron chi connectivity index (χ0n) is 21.6. The molecule has 4 aromatic rings. The first-order valence-electron chi connectivity index (χ1n) is 12.2. The summed E-state index contributed by atoms with van der Waals surface area (Å²) in [5.74, 6) is -0.935. The van der Waals surface area contributed by atoms with Crippen LogP contribution in [-0.2, 0) is 16.7 Å². The number of fused-ring (bicyclic) bond motifs is 1. The van der Waals surface area contributed by atoms with Gasteiger partial charge in [-0.05, 0) is 65.1 Å². The highest BCUT2D eigenvalue weighted by molar-refractivity contribution is 6.06. The predicted octanol–water partition coefficient (Wildman–Crippen LogP) is 5.75. The van der Waals surface area contributed by atoms with Crippen molar-refractivity contribution >= 4 is 28.4 Å². The Morgan fingerprint density at radius 3 is 2.27 bits per heavy atom. The van der Waals surface area contributed by atoms with Gasteiger partial charge in [-0.2, -0.15) is 0 Å². The summed E-state index contributed by atoms with van der Waals surface area (Å²) in [6.07, 6.45) is 0. The number of hydrogen-bond donors (Lipinski definition) is 2. The second-order valence-corrected chi connectivity index (χ2v) is 10.0. The van der Waals surface area contributed by atoms with Gasteiger partial charge in [0.2, 0.25) is 0 Å². The summed E-state index contributed by atoms with van der Waals surface area (Å²) in [7, 11) is 1.59. The molecular formula is C30H32FN3O3. The molecule has 0 spiro atoms. The molecule has 0 radical (unpaired) electrons. The molecule has 0 aliphatic heterocycles. The van der Waals surface area contributed by atoms with Crippen LogP contribution in [0, 0.1) is 5.82 Å². The number of methoxy groups -OCH3 is 1. The van der Waals surface area contributed by atoms with Crippen molar-refractivity contribution in [2.45, 2.75) is 32.7 Å². The van der Waals surface area contributed by atoms with Gasteiger partial charge in [-0.15, -0.1) is 0 Å². The van der Waals surface area contributed by atoms with Crippen LogP contribution < -0.4 is 10.6 Å². The lowest BCUT2D eigenvalue weighted by Crippen LogP contribution is -2.29. The molecule has 1 aromatic heterocycles. The van der Waals surface area contributed by atoms with E-state index in [-0.39, 0.29) is 17.2 Å². The van der Waals surface area contributed by atoms with Crippen LogP contribution in [0.4, 0.5) is 10.1 Å². The Kier molecular flexibility index (Phi) is 7.74. The first-order chi connectivity index (χ1) is 17.7. The molecule has 1 heterocycles. The molecule has 0 bridgehead atoms. The number of benzene rings is 3. The van der Waals surface area contributed by atoms with Crippen molar-refractivity contribution in [1.82, 2.24) is 9.88 Å². The SMILES string of the molecule is COCCNC(=O)c1cc2cc(NC(=O)c3ccc(F)cc3)ccc2n1Cc1ccc(C(C)(C)C)cc1. The van der Waals surface area contributed by atoms with E-state index in [9.17, 15) is 14.0 Å². The van der Waals surface area contributed by atoms with Gasteiger partial charge in [0.15, 0.2) is 0 Å². The van der Waals surface area contributed by atoms with Crippen LogP contribution in [0.5, 0.6) is 0 Å². The third kappa shape index (κ3) is 6.24. The number of amides is 2. The van der Waals surface area contributed by atoms with Crippen LogP contribution in [0.3, 0.4) is 0 Å². The van der Waals surface area contributed by atoms with E-state index < -0.39 is 5.82 Å². The molecule has 3 aromatic carbocycles. The summed E-state index contributed by atoms with van der Waals surface area (Å²) in [5, 5.41) is 6.58. The van der Waals surface area contributed by atoms with Gasteiger partial charge in [0, 0.05) is 42.4 Å². The maximum absolute atomic E-state index is 13.2. The molecular weight excluding hydrogens is 469 g/mol. The minimum absolute atomic E-state index is 0.0554. The molecule has 4 rings (SSSR count). The van der Waals surface area contributed by atoms with Crippen LogP contribution in [0.1, 0.15) is 52.7 Å². The lowest BCUT2D eigenvalue weighted by molar-refractivity contribution is 0.0928. The molecule has 2 amide bonds. The summed E-state index contributed by atoms with van der Waals surface area (Å²) < 4.78 is 20.3. The zero-order chi connectivity index (χ0) is 26.6. The summed E-state index contributed by atoms with van der Waals surface area (Å²) >= 11 is 0. The Balaban J connectivity index is 1.65. The quantitative estimate of drug-likeness (QED) is 0.302. The predicted molar refractivity (Wildman–Crippen MR) is 145 cm³/mol. The van der Waals surface area contributed by atoms with E-state index in [1.54, 1.807) is 13.2 Å². The largest absolute Gasteiger partial charge is 0.383 e. The van der Waals surface area contributed by atoms with Crippen LogP contribution in [0.15, 0.2) is 72.8 Å². The summed E-state index contributed by atoms with van der Waals surface area (Å²) in [4.78, 5) is 25.7. The Hall–Kier alpha value is -3.97. The minimum atomic E-state index is -0.399. The molecule has 0 aliphatic rings. The second kappa shape index (κ2) is 11.0. The highest BCUT2D eigenvalue weighted by atomic mass is 19.1. The lowest BCUT2D eigenvalue weighted by Gasteiger charge is -2.19. The maximum Gasteiger partial charge on any atom is 0.268 e. The first-order valence-corrected chi connectivity index (χ1v) is 12.2. The summed E-state index contributed by atoms with van der Waals surface area (Å²) in [5.41, 5.74) is 4.71. The fraction of sp³-hybridized carbons (Fsp3) is 0.267. The third-order valence-corrected chi connectivity index (χ3v) is 6.25. The average Bonchev–Trinajstić information content (AvgIpc) is 3.22. The van der Waals surface area contributed by atoms with E-state index in [1.807, 2.05) is 22.8 Å². The monoisotopic (exact) mass is 501 g/mol. The molecule has 0 atom stereocenters. The normalized spacial score (nSPS) is 11.5. The minimum Gasteiger partial charge on any atom is -0.383 e. The second-order valence-electron chi connectivity index (χ2n) is 10.0. The molecule has 7 heteroatoms. The number of carbonyl (C=O) groups is 2. The van der Waals surface area contributed by atoms with Crippen molar-refractivity contribution in [3.8, 4) is 0 Å². The Bertz CT molecular complexity index is 1400. The van der Waals surface area contributed by atoms with E-state index in [0.717, 1.165) is 16.5 Å². The van der Waals surface area contributed by atoms with Crippen molar-refractivity contribution in [2.24, 2.45) is 0 Å². The van der Waals surface area contributed by atoms with E-state index in [0.29, 0.717) is 36.6 Å². The Morgan fingerprint density at radius 1 is 0.919 bits per heavy atom. The maximum atomic E-state index is 13.2. The molecule has 0 saturated carbocycles. The van der Waals surface area contributed by atoms with Crippen LogP contribution >= 0.6 is 0 Å². The number of nitrogens with zero attached hydrogens (tertiary/aromatic N) is 1. The number of halogens is 1. The number of carbonyl (C=O) groups excluding carboxylic acids is 2. The third-order valence-electron chi connectivity index (χ3n) is 6.25. The van der Waals surface area contributed by atoms with Gasteiger partial charge in [-0.3, -0.25) is 9.59 Å². The topological polar surface area (TPSA) is 72.4 Å². The fourth-order valence-corrected chi connectivity index (χ4v) is 4.16. The summed E-state index contributed by atoms with van der Waals surface area (Å²) in [6, 6.07) is 21.2. The molecule has 6 nitrogen and oxygen atoms in total. The number of rotatable bonds is 8. The van der Waals surface area contributed by atoms with E-state index >= 15 is 0 Å². The number of anilines is 1. The highest BCUT2D eigenvalue weighted by Gasteiger charge is 2.18. The number of aromatic nitrogens is 1. The van der Waals surface area contributed by atoms with Gasteiger partial charge < -0.3 is 19.9 Å². The first kappa shape index (κ1) is 26.1. The molecule has 192 valence electrons. The Labute approximate surface area is 216 Å². The van der Waals surface area contributed by atoms with Gasteiger partial charge in [-0.1, -0.05) is 45.0 Å². The number of ether oxygens (including phenoxy) is 1. The molecule has 0 fully saturated rings. The molecule has 0 saturated heterocycles. The molecule has 37 heavy (non-hydrogen) atoms. The van der Waals surface area contributed by atoms with Crippen molar-refractivity contribution in [2.75, 3.05) is 25.6 Å². The summed E-state index contributed by atoms with van der Waals surface area (Å²) in [6.45, 7) is 7.86. The van der Waals surface area contributed by atoms with Crippen LogP contribution in [0.2, 0.25) is 0 Å². The average molecular weight is 502 g/mol. The molecule has 0 unspecified atom stereocenters. The lowest BCUT2D eigenvalue weighted by atomic mass is 9.87. The van der Waals surface area contributed by atoms with Crippen molar-refractivity contribution in [1.29, 1.82) is 0 Å². The van der Waals surface area contributed by atoms with E-state index in [1.165, 1.54) is 29.8 Å². The fourth-order valence-electron chi connectivity index (χ4n) is 4.16. The van der Waals surface area contributed by atoms with Gasteiger partial charge in [-0.25, -0.2) is 4.39 Å². The van der Waals surface area contributed by atoms with Crippen LogP contribution in [-0.4, -0.2) is 36.6 Å². The van der Waals surface area contributed by atoms with E-state index in [4.69, 9.17) is 4.74 Å².